The largest absolute Gasteiger partial charge is 0.330 e. The minimum Gasteiger partial charge on any atom is -0.330 e. The van der Waals surface area contributed by atoms with Gasteiger partial charge in [-0.2, -0.15) is 0 Å². The van der Waals surface area contributed by atoms with Crippen molar-refractivity contribution in [2.24, 2.45) is 0 Å². The molecule has 0 spiro atoms. The first-order valence-corrected chi connectivity index (χ1v) is 10.0. The summed E-state index contributed by atoms with van der Waals surface area (Å²) in [6.07, 6.45) is 0. The Balaban J connectivity index is 1.72. The fraction of sp³-hybridized carbons (Fsp3) is 0.0952. The number of rotatable bonds is 3. The topological polar surface area (TPSA) is 66.5 Å². The van der Waals surface area contributed by atoms with Crippen molar-refractivity contribution in [1.29, 1.82) is 0 Å². The molecule has 0 aliphatic carbocycles. The second kappa shape index (κ2) is 6.55. The summed E-state index contributed by atoms with van der Waals surface area (Å²) in [6.45, 7) is 1.97. The lowest BCUT2D eigenvalue weighted by Crippen LogP contribution is -2.33. The van der Waals surface area contributed by atoms with E-state index in [0.29, 0.717) is 17.1 Å². The normalized spacial score (nSPS) is 14.2. The highest BCUT2D eigenvalue weighted by atomic mass is 32.2. The Morgan fingerprint density at radius 2 is 1.48 bits per heavy atom. The summed E-state index contributed by atoms with van der Waals surface area (Å²) in [5.74, 6) is -0.218. The number of carbonyl (C=O) groups is 1. The molecule has 1 N–H and O–H groups in total. The number of sulfone groups is 1. The van der Waals surface area contributed by atoms with Crippen LogP contribution in [0.4, 0.5) is 17.1 Å². The van der Waals surface area contributed by atoms with Gasteiger partial charge in [-0.15, -0.1) is 0 Å². The summed E-state index contributed by atoms with van der Waals surface area (Å²) in [7, 11) is -3.61. The number of fused-ring (bicyclic) bond motifs is 2. The lowest BCUT2D eigenvalue weighted by molar-refractivity contribution is -0.114. The molecule has 5 nitrogen and oxygen atoms in total. The molecule has 0 unspecified atom stereocenters. The summed E-state index contributed by atoms with van der Waals surface area (Å²) in [5, 5.41) is 2.88. The zero-order chi connectivity index (χ0) is 19.0. The van der Waals surface area contributed by atoms with Crippen LogP contribution in [0.2, 0.25) is 0 Å². The van der Waals surface area contributed by atoms with Gasteiger partial charge in [0.1, 0.15) is 6.54 Å². The molecule has 0 saturated carbocycles. The highest BCUT2D eigenvalue weighted by molar-refractivity contribution is 7.92. The van der Waals surface area contributed by atoms with Crippen LogP contribution in [0, 0.1) is 6.92 Å². The summed E-state index contributed by atoms with van der Waals surface area (Å²) in [4.78, 5) is 14.8. The lowest BCUT2D eigenvalue weighted by atomic mass is 10.2. The van der Waals surface area contributed by atoms with E-state index in [1.807, 2.05) is 31.2 Å². The number of anilines is 3. The molecule has 0 bridgehead atoms. The Kier molecular flexibility index (Phi) is 4.20. The maximum Gasteiger partial charge on any atom is 0.244 e. The minimum atomic E-state index is -3.61. The van der Waals surface area contributed by atoms with Crippen LogP contribution in [-0.4, -0.2) is 20.9 Å². The van der Waals surface area contributed by atoms with Crippen molar-refractivity contribution in [3.05, 3.63) is 78.4 Å². The molecule has 0 fully saturated rings. The van der Waals surface area contributed by atoms with Gasteiger partial charge in [-0.3, -0.25) is 4.79 Å². The molecule has 1 aliphatic rings. The monoisotopic (exact) mass is 378 g/mol. The average Bonchev–Trinajstić information content (AvgIpc) is 2.65. The number of amides is 1. The molecule has 4 rings (SSSR count). The van der Waals surface area contributed by atoms with Crippen molar-refractivity contribution in [1.82, 2.24) is 0 Å². The van der Waals surface area contributed by atoms with E-state index in [-0.39, 0.29) is 22.2 Å². The summed E-state index contributed by atoms with van der Waals surface area (Å²) in [5.41, 5.74) is 2.78. The van der Waals surface area contributed by atoms with Crippen LogP contribution < -0.4 is 10.2 Å². The molecular formula is C21H18N2O3S. The summed E-state index contributed by atoms with van der Waals surface area (Å²) >= 11 is 0. The van der Waals surface area contributed by atoms with Gasteiger partial charge < -0.3 is 10.2 Å². The maximum absolute atomic E-state index is 12.9. The number of nitrogens with one attached hydrogen (secondary N) is 1. The van der Waals surface area contributed by atoms with Crippen LogP contribution in [0.3, 0.4) is 0 Å². The van der Waals surface area contributed by atoms with Gasteiger partial charge in [0.05, 0.1) is 21.2 Å². The van der Waals surface area contributed by atoms with Crippen molar-refractivity contribution in [2.75, 3.05) is 16.8 Å². The molecule has 1 aliphatic heterocycles. The SMILES string of the molecule is Cc1cccc(NC(=O)CN2c3ccccc3S(=O)(=O)c3ccccc32)c1. The number of nitrogens with zero attached hydrogens (tertiary/aromatic N) is 1. The van der Waals surface area contributed by atoms with Gasteiger partial charge >= 0.3 is 0 Å². The van der Waals surface area contributed by atoms with Crippen LogP contribution in [0.5, 0.6) is 0 Å². The molecule has 136 valence electrons. The van der Waals surface area contributed by atoms with Crippen molar-refractivity contribution >= 4 is 32.8 Å². The smallest absolute Gasteiger partial charge is 0.244 e. The molecule has 27 heavy (non-hydrogen) atoms. The quantitative estimate of drug-likeness (QED) is 0.750. The van der Waals surface area contributed by atoms with Gasteiger partial charge in [-0.05, 0) is 48.9 Å². The Bertz CT molecular complexity index is 1090. The van der Waals surface area contributed by atoms with Gasteiger partial charge in [0.25, 0.3) is 0 Å². The Morgan fingerprint density at radius 3 is 2.07 bits per heavy atom. The maximum atomic E-state index is 12.9. The molecular weight excluding hydrogens is 360 g/mol. The standard InChI is InChI=1S/C21H18N2O3S/c1-15-7-6-8-16(13-15)22-21(24)14-23-17-9-2-4-11-19(17)27(25,26)20-12-5-3-10-18(20)23/h2-13H,14H2,1H3,(H,22,24). The fourth-order valence-corrected chi connectivity index (χ4v) is 4.96. The first kappa shape index (κ1) is 17.3. The van der Waals surface area contributed by atoms with Gasteiger partial charge in [-0.25, -0.2) is 8.42 Å². The van der Waals surface area contributed by atoms with E-state index in [1.54, 1.807) is 53.4 Å². The van der Waals surface area contributed by atoms with Crippen LogP contribution in [0.1, 0.15) is 5.56 Å². The van der Waals surface area contributed by atoms with Gasteiger partial charge in [0, 0.05) is 5.69 Å². The van der Waals surface area contributed by atoms with Gasteiger partial charge in [0.2, 0.25) is 15.7 Å². The van der Waals surface area contributed by atoms with E-state index in [4.69, 9.17) is 0 Å². The highest BCUT2D eigenvalue weighted by Crippen LogP contribution is 2.43. The van der Waals surface area contributed by atoms with E-state index in [0.717, 1.165) is 5.56 Å². The van der Waals surface area contributed by atoms with E-state index < -0.39 is 9.84 Å². The van der Waals surface area contributed by atoms with Crippen LogP contribution in [-0.2, 0) is 14.6 Å². The molecule has 6 heteroatoms. The number of aryl methyl sites for hydroxylation is 1. The highest BCUT2D eigenvalue weighted by Gasteiger charge is 2.34. The third-order valence-electron chi connectivity index (χ3n) is 4.49. The Hall–Kier alpha value is -3.12. The Morgan fingerprint density at radius 1 is 0.889 bits per heavy atom. The third kappa shape index (κ3) is 3.08. The van der Waals surface area contributed by atoms with E-state index in [2.05, 4.69) is 5.32 Å². The zero-order valence-electron chi connectivity index (χ0n) is 14.7. The summed E-state index contributed by atoms with van der Waals surface area (Å²) in [6, 6.07) is 21.1. The van der Waals surface area contributed by atoms with Crippen LogP contribution >= 0.6 is 0 Å². The second-order valence-electron chi connectivity index (χ2n) is 6.44. The molecule has 3 aromatic carbocycles. The van der Waals surface area contributed by atoms with E-state index >= 15 is 0 Å². The number of hydrogen-bond acceptors (Lipinski definition) is 4. The zero-order valence-corrected chi connectivity index (χ0v) is 15.5. The van der Waals surface area contributed by atoms with Crippen molar-refractivity contribution in [2.45, 2.75) is 16.7 Å². The molecule has 0 aromatic heterocycles. The van der Waals surface area contributed by atoms with Crippen molar-refractivity contribution in [3.63, 3.8) is 0 Å². The van der Waals surface area contributed by atoms with Crippen LogP contribution in [0.15, 0.2) is 82.6 Å². The molecule has 1 amide bonds. The van der Waals surface area contributed by atoms with Crippen molar-refractivity contribution in [3.8, 4) is 0 Å². The second-order valence-corrected chi connectivity index (χ2v) is 8.33. The van der Waals surface area contributed by atoms with Gasteiger partial charge in [0.15, 0.2) is 0 Å². The van der Waals surface area contributed by atoms with E-state index in [9.17, 15) is 13.2 Å². The summed E-state index contributed by atoms with van der Waals surface area (Å²) < 4.78 is 25.9. The number of benzene rings is 3. The minimum absolute atomic E-state index is 0.0114. The predicted octanol–water partition coefficient (Wildman–Crippen LogP) is 3.92. The molecule has 0 atom stereocenters. The number of para-hydroxylation sites is 2. The number of hydrogen-bond donors (Lipinski definition) is 1. The van der Waals surface area contributed by atoms with Crippen LogP contribution in [0.25, 0.3) is 0 Å². The third-order valence-corrected chi connectivity index (χ3v) is 6.34. The van der Waals surface area contributed by atoms with E-state index in [1.165, 1.54) is 0 Å². The molecule has 3 aromatic rings. The predicted molar refractivity (Wildman–Crippen MR) is 105 cm³/mol. The number of carbonyl (C=O) groups excluding carboxylic acids is 1. The van der Waals surface area contributed by atoms with Crippen molar-refractivity contribution < 1.29 is 13.2 Å². The molecule has 1 heterocycles. The Labute approximate surface area is 158 Å². The first-order valence-electron chi connectivity index (χ1n) is 8.54. The first-order chi connectivity index (χ1) is 13.0. The fourth-order valence-electron chi connectivity index (χ4n) is 3.30. The average molecular weight is 378 g/mol. The molecule has 0 saturated heterocycles. The molecule has 0 radical (unpaired) electrons. The lowest BCUT2D eigenvalue weighted by Gasteiger charge is -2.32. The van der Waals surface area contributed by atoms with Gasteiger partial charge in [-0.1, -0.05) is 36.4 Å².